The zero-order valence-corrected chi connectivity index (χ0v) is 18.1. The number of carboxylic acid groups (broad SMARTS) is 2. The highest BCUT2D eigenvalue weighted by molar-refractivity contribution is 6.34. The molecule has 8 nitrogen and oxygen atoms in total. The summed E-state index contributed by atoms with van der Waals surface area (Å²) in [5.74, 6) is -2.10. The Morgan fingerprint density at radius 1 is 0.567 bits per heavy atom. The molecule has 0 aliphatic carbocycles. The molecule has 2 N–H and O–H groups in total. The highest BCUT2D eigenvalue weighted by Gasteiger charge is 2.27. The first-order chi connectivity index (χ1) is 14.4. The molecule has 0 unspecified atom stereocenters. The molecule has 8 heteroatoms. The highest BCUT2D eigenvalue weighted by atomic mass is 16.4. The number of rotatable bonds is 7. The van der Waals surface area contributed by atoms with Gasteiger partial charge in [0, 0.05) is 39.0 Å². The van der Waals surface area contributed by atoms with Crippen molar-refractivity contribution in [1.29, 1.82) is 0 Å². The molecule has 2 fully saturated rings. The molecule has 2 amide bonds. The Morgan fingerprint density at radius 2 is 0.867 bits per heavy atom. The summed E-state index contributed by atoms with van der Waals surface area (Å²) < 4.78 is 0. The first kappa shape index (κ1) is 25.9. The van der Waals surface area contributed by atoms with E-state index in [0.29, 0.717) is 12.8 Å². The summed E-state index contributed by atoms with van der Waals surface area (Å²) in [4.78, 5) is 48.1. The van der Waals surface area contributed by atoms with Crippen LogP contribution in [0.25, 0.3) is 0 Å². The zero-order chi connectivity index (χ0) is 22.2. The lowest BCUT2D eigenvalue weighted by molar-refractivity contribution is -0.152. The number of carbonyl (C=O) groups excluding carboxylic acids is 2. The van der Waals surface area contributed by atoms with Crippen molar-refractivity contribution >= 4 is 23.8 Å². The fourth-order valence-electron chi connectivity index (χ4n) is 3.72. The molecular weight excluding hydrogens is 388 g/mol. The minimum atomic E-state index is -0.784. The van der Waals surface area contributed by atoms with Crippen LogP contribution in [0.15, 0.2) is 0 Å². The molecule has 0 spiro atoms. The Kier molecular flexibility index (Phi) is 13.5. The minimum absolute atomic E-state index is 0.188. The molecule has 0 radical (unpaired) electrons. The summed E-state index contributed by atoms with van der Waals surface area (Å²) in [6.45, 7) is 3.05. The van der Waals surface area contributed by atoms with Gasteiger partial charge in [0.15, 0.2) is 0 Å². The van der Waals surface area contributed by atoms with Crippen molar-refractivity contribution in [3.05, 3.63) is 0 Å². The second-order valence-electron chi connectivity index (χ2n) is 8.11. The van der Waals surface area contributed by atoms with E-state index in [9.17, 15) is 19.2 Å². The Hall–Kier alpha value is -2.12. The van der Waals surface area contributed by atoms with Crippen molar-refractivity contribution in [2.24, 2.45) is 0 Å². The summed E-state index contributed by atoms with van der Waals surface area (Å²) >= 11 is 0. The van der Waals surface area contributed by atoms with Gasteiger partial charge in [-0.15, -0.1) is 0 Å². The standard InChI is InChI=1S/C14H24N2O2.C8H14O4/c17-13-14(18)16-10-6-2-1-5-9-15(13)11-7-3-4-8-12-16;9-7(10)5-3-1-2-4-6-8(11)12/h1-12H2;1-6H2,(H,9,10)(H,11,12). The number of carboxylic acids is 2. The van der Waals surface area contributed by atoms with Crippen LogP contribution in [-0.2, 0) is 19.2 Å². The molecule has 2 saturated heterocycles. The predicted molar refractivity (Wildman–Crippen MR) is 113 cm³/mol. The Labute approximate surface area is 179 Å². The second-order valence-corrected chi connectivity index (χ2v) is 8.11. The summed E-state index contributed by atoms with van der Waals surface area (Å²) in [6.07, 6.45) is 12.1. The van der Waals surface area contributed by atoms with Gasteiger partial charge in [0.1, 0.15) is 0 Å². The minimum Gasteiger partial charge on any atom is -0.481 e. The Morgan fingerprint density at radius 3 is 1.13 bits per heavy atom. The second kappa shape index (κ2) is 15.7. The van der Waals surface area contributed by atoms with Gasteiger partial charge in [0.05, 0.1) is 0 Å². The van der Waals surface area contributed by atoms with E-state index < -0.39 is 11.9 Å². The lowest BCUT2D eigenvalue weighted by Crippen LogP contribution is -2.47. The molecule has 30 heavy (non-hydrogen) atoms. The topological polar surface area (TPSA) is 115 Å². The number of carbonyl (C=O) groups is 4. The summed E-state index contributed by atoms with van der Waals surface area (Å²) in [7, 11) is 0. The average Bonchev–Trinajstić information content (AvgIpc) is 2.71. The van der Waals surface area contributed by atoms with Gasteiger partial charge in [-0.3, -0.25) is 19.2 Å². The number of hydrogen-bond donors (Lipinski definition) is 2. The number of unbranched alkanes of at least 4 members (excludes halogenated alkanes) is 3. The van der Waals surface area contributed by atoms with E-state index in [1.165, 1.54) is 25.7 Å². The first-order valence-corrected chi connectivity index (χ1v) is 11.4. The molecule has 2 aliphatic rings. The fraction of sp³-hybridized carbons (Fsp3) is 0.818. The third kappa shape index (κ3) is 11.8. The van der Waals surface area contributed by atoms with Crippen molar-refractivity contribution < 1.29 is 29.4 Å². The van der Waals surface area contributed by atoms with Gasteiger partial charge in [0.25, 0.3) is 0 Å². The normalized spacial score (nSPS) is 18.4. The monoisotopic (exact) mass is 426 g/mol. The van der Waals surface area contributed by atoms with E-state index >= 15 is 0 Å². The van der Waals surface area contributed by atoms with E-state index in [0.717, 1.165) is 64.7 Å². The van der Waals surface area contributed by atoms with Gasteiger partial charge in [-0.05, 0) is 38.5 Å². The van der Waals surface area contributed by atoms with Crippen LogP contribution in [0.4, 0.5) is 0 Å². The quantitative estimate of drug-likeness (QED) is 0.477. The SMILES string of the molecule is O=C(O)CCCCCCC(=O)O.O=C1C(=O)N2CCCCCCN1CCCCCC2. The lowest BCUT2D eigenvalue weighted by atomic mass is 10.1. The fourth-order valence-corrected chi connectivity index (χ4v) is 3.72. The predicted octanol–water partition coefficient (Wildman–Crippen LogP) is 3.29. The van der Waals surface area contributed by atoms with Gasteiger partial charge in [-0.1, -0.05) is 38.5 Å². The molecule has 0 aromatic rings. The Bertz CT molecular complexity index is 488. The van der Waals surface area contributed by atoms with E-state index in [1.807, 2.05) is 0 Å². The van der Waals surface area contributed by atoms with Crippen molar-refractivity contribution in [2.75, 3.05) is 26.2 Å². The largest absolute Gasteiger partial charge is 0.481 e. The van der Waals surface area contributed by atoms with Crippen molar-refractivity contribution in [3.8, 4) is 0 Å². The van der Waals surface area contributed by atoms with Crippen LogP contribution >= 0.6 is 0 Å². The van der Waals surface area contributed by atoms with Crippen LogP contribution in [0.5, 0.6) is 0 Å². The van der Waals surface area contributed by atoms with Crippen molar-refractivity contribution in [2.45, 2.75) is 89.9 Å². The molecule has 2 heterocycles. The molecule has 0 atom stereocenters. The van der Waals surface area contributed by atoms with Gasteiger partial charge in [-0.25, -0.2) is 0 Å². The van der Waals surface area contributed by atoms with Gasteiger partial charge in [-0.2, -0.15) is 0 Å². The van der Waals surface area contributed by atoms with Gasteiger partial charge < -0.3 is 20.0 Å². The summed E-state index contributed by atoms with van der Waals surface area (Å²) in [5, 5.41) is 16.5. The van der Waals surface area contributed by atoms with Crippen LogP contribution in [0, 0.1) is 0 Å². The maximum absolute atomic E-state index is 12.2. The number of aliphatic carboxylic acids is 2. The van der Waals surface area contributed by atoms with Crippen LogP contribution in [0.3, 0.4) is 0 Å². The average molecular weight is 427 g/mol. The summed E-state index contributed by atoms with van der Waals surface area (Å²) in [5.41, 5.74) is 0. The number of nitrogens with zero attached hydrogens (tertiary/aromatic N) is 2. The van der Waals surface area contributed by atoms with Crippen LogP contribution in [-0.4, -0.2) is 69.9 Å². The lowest BCUT2D eigenvalue weighted by Gasteiger charge is -2.29. The molecule has 0 saturated carbocycles. The first-order valence-electron chi connectivity index (χ1n) is 11.4. The zero-order valence-electron chi connectivity index (χ0n) is 18.1. The molecule has 2 bridgehead atoms. The van der Waals surface area contributed by atoms with Gasteiger partial charge >= 0.3 is 23.8 Å². The number of fused-ring (bicyclic) bond motifs is 3. The molecule has 2 aliphatic heterocycles. The van der Waals surface area contributed by atoms with E-state index in [2.05, 4.69) is 0 Å². The van der Waals surface area contributed by atoms with E-state index in [4.69, 9.17) is 10.2 Å². The molecule has 172 valence electrons. The summed E-state index contributed by atoms with van der Waals surface area (Å²) in [6, 6.07) is 0. The molecule has 0 aromatic carbocycles. The van der Waals surface area contributed by atoms with Crippen LogP contribution < -0.4 is 0 Å². The van der Waals surface area contributed by atoms with E-state index in [1.54, 1.807) is 9.80 Å². The smallest absolute Gasteiger partial charge is 0.312 e. The molecule has 2 rings (SSSR count). The van der Waals surface area contributed by atoms with Crippen LogP contribution in [0.2, 0.25) is 0 Å². The third-order valence-electron chi connectivity index (χ3n) is 5.50. The molecular formula is C22H38N2O6. The molecule has 0 aromatic heterocycles. The van der Waals surface area contributed by atoms with Gasteiger partial charge in [0.2, 0.25) is 0 Å². The van der Waals surface area contributed by atoms with Crippen molar-refractivity contribution in [3.63, 3.8) is 0 Å². The van der Waals surface area contributed by atoms with E-state index in [-0.39, 0.29) is 24.7 Å². The maximum atomic E-state index is 12.2. The van der Waals surface area contributed by atoms with Crippen LogP contribution in [0.1, 0.15) is 89.9 Å². The highest BCUT2D eigenvalue weighted by Crippen LogP contribution is 2.13. The third-order valence-corrected chi connectivity index (χ3v) is 5.50. The Balaban J connectivity index is 0.000000329. The number of hydrogen-bond acceptors (Lipinski definition) is 4. The number of amides is 2. The van der Waals surface area contributed by atoms with Crippen molar-refractivity contribution in [1.82, 2.24) is 9.80 Å². The maximum Gasteiger partial charge on any atom is 0.312 e.